The molecule has 0 N–H and O–H groups in total. The first kappa shape index (κ1) is 7.08. The summed E-state index contributed by atoms with van der Waals surface area (Å²) >= 11 is 0. The zero-order valence-corrected chi connectivity index (χ0v) is 6.75. The predicted molar refractivity (Wildman–Crippen MR) is 44.2 cm³/mol. The largest absolute Gasteiger partial charge is 0.300 e. The van der Waals surface area contributed by atoms with E-state index >= 15 is 0 Å². The van der Waals surface area contributed by atoms with Crippen molar-refractivity contribution < 1.29 is 4.79 Å². The summed E-state index contributed by atoms with van der Waals surface area (Å²) in [6.45, 7) is 0. The van der Waals surface area contributed by atoms with Crippen LogP contribution in [0.3, 0.4) is 0 Å². The molecule has 2 atom stereocenters. The van der Waals surface area contributed by atoms with Crippen molar-refractivity contribution in [1.29, 1.82) is 0 Å². The molecule has 0 aliphatic heterocycles. The Hall–Kier alpha value is -0.590. The van der Waals surface area contributed by atoms with Gasteiger partial charge < -0.3 is 0 Å². The number of hydrogen-bond donors (Lipinski definition) is 0. The van der Waals surface area contributed by atoms with Crippen LogP contribution in [0.1, 0.15) is 32.1 Å². The fourth-order valence-electron chi connectivity index (χ4n) is 2.26. The van der Waals surface area contributed by atoms with Gasteiger partial charge in [-0.2, -0.15) is 0 Å². The van der Waals surface area contributed by atoms with Crippen LogP contribution < -0.4 is 0 Å². The van der Waals surface area contributed by atoms with Gasteiger partial charge in [-0.3, -0.25) is 4.79 Å². The maximum Gasteiger partial charge on any atom is 0.133 e. The average molecular weight is 150 g/mol. The molecule has 1 nitrogen and oxygen atoms in total. The van der Waals surface area contributed by atoms with E-state index < -0.39 is 0 Å². The minimum absolute atomic E-state index is 0.470. The highest BCUT2D eigenvalue weighted by molar-refractivity contribution is 5.79. The first-order valence-corrected chi connectivity index (χ1v) is 4.54. The zero-order chi connectivity index (χ0) is 7.68. The summed E-state index contributed by atoms with van der Waals surface area (Å²) in [7, 11) is 0. The van der Waals surface area contributed by atoms with Gasteiger partial charge in [-0.05, 0) is 31.1 Å². The number of allylic oxidation sites excluding steroid dienone is 2. The van der Waals surface area contributed by atoms with Crippen LogP contribution in [0.5, 0.6) is 0 Å². The maximum absolute atomic E-state index is 11.1. The molecule has 0 saturated heterocycles. The highest BCUT2D eigenvalue weighted by Crippen LogP contribution is 2.35. The molecule has 0 bridgehead atoms. The van der Waals surface area contributed by atoms with E-state index in [0.29, 0.717) is 11.7 Å². The molecular weight excluding hydrogens is 136 g/mol. The smallest absolute Gasteiger partial charge is 0.133 e. The third-order valence-corrected chi connectivity index (χ3v) is 2.95. The van der Waals surface area contributed by atoms with Crippen molar-refractivity contribution in [2.24, 2.45) is 11.8 Å². The fourth-order valence-corrected chi connectivity index (χ4v) is 2.26. The minimum Gasteiger partial charge on any atom is -0.300 e. The maximum atomic E-state index is 11.1. The summed E-state index contributed by atoms with van der Waals surface area (Å²) in [5.41, 5.74) is 0. The van der Waals surface area contributed by atoms with Crippen LogP contribution in [0.25, 0.3) is 0 Å². The Kier molecular flexibility index (Phi) is 1.80. The normalized spacial score (nSPS) is 36.9. The van der Waals surface area contributed by atoms with E-state index in [2.05, 4.69) is 12.2 Å². The summed E-state index contributed by atoms with van der Waals surface area (Å²) in [4.78, 5) is 11.1. The van der Waals surface area contributed by atoms with E-state index in [-0.39, 0.29) is 0 Å². The summed E-state index contributed by atoms with van der Waals surface area (Å²) < 4.78 is 0. The van der Waals surface area contributed by atoms with E-state index in [4.69, 9.17) is 0 Å². The number of ketones is 1. The van der Waals surface area contributed by atoms with Crippen LogP contribution in [0.15, 0.2) is 12.2 Å². The second kappa shape index (κ2) is 2.80. The lowest BCUT2D eigenvalue weighted by molar-refractivity contribution is -0.122. The second-order valence-electron chi connectivity index (χ2n) is 3.71. The van der Waals surface area contributed by atoms with Crippen molar-refractivity contribution in [3.05, 3.63) is 12.2 Å². The fraction of sp³-hybridized carbons (Fsp3) is 0.700. The van der Waals surface area contributed by atoms with Gasteiger partial charge in [0.2, 0.25) is 0 Å². The Balaban J connectivity index is 2.08. The molecule has 0 amide bonds. The topological polar surface area (TPSA) is 17.1 Å². The number of rotatable bonds is 0. The van der Waals surface area contributed by atoms with Gasteiger partial charge in [0.25, 0.3) is 0 Å². The van der Waals surface area contributed by atoms with Crippen LogP contribution in [0.4, 0.5) is 0 Å². The first-order valence-electron chi connectivity index (χ1n) is 4.54. The molecule has 11 heavy (non-hydrogen) atoms. The van der Waals surface area contributed by atoms with E-state index in [1.165, 1.54) is 12.8 Å². The number of fused-ring (bicyclic) bond motifs is 1. The highest BCUT2D eigenvalue weighted by Gasteiger charge is 2.28. The monoisotopic (exact) mass is 150 g/mol. The lowest BCUT2D eigenvalue weighted by atomic mass is 9.74. The Morgan fingerprint density at radius 1 is 1.36 bits per heavy atom. The molecule has 1 heteroatoms. The summed E-state index contributed by atoms with van der Waals surface area (Å²) in [6.07, 6.45) is 9.85. The van der Waals surface area contributed by atoms with Gasteiger partial charge in [0.1, 0.15) is 5.78 Å². The van der Waals surface area contributed by atoms with E-state index in [0.717, 1.165) is 25.2 Å². The summed E-state index contributed by atoms with van der Waals surface area (Å²) in [5.74, 6) is 1.90. The van der Waals surface area contributed by atoms with Crippen molar-refractivity contribution in [2.45, 2.75) is 32.1 Å². The van der Waals surface area contributed by atoms with Gasteiger partial charge in [-0.1, -0.05) is 12.2 Å². The molecule has 2 rings (SSSR count). The van der Waals surface area contributed by atoms with Crippen LogP contribution in [-0.4, -0.2) is 5.78 Å². The van der Waals surface area contributed by atoms with E-state index in [1.807, 2.05) is 0 Å². The van der Waals surface area contributed by atoms with Gasteiger partial charge >= 0.3 is 0 Å². The lowest BCUT2D eigenvalue weighted by Gasteiger charge is -2.30. The SMILES string of the molecule is O=C1CC[C@H]2CCC=C[C@@H]2C1. The molecule has 0 radical (unpaired) electrons. The molecule has 0 aromatic carbocycles. The average Bonchev–Trinajstić information content (AvgIpc) is 2.04. The second-order valence-corrected chi connectivity index (χ2v) is 3.71. The third-order valence-electron chi connectivity index (χ3n) is 2.95. The zero-order valence-electron chi connectivity index (χ0n) is 6.75. The lowest BCUT2D eigenvalue weighted by Crippen LogP contribution is -2.25. The molecule has 2 aliphatic rings. The molecule has 0 spiro atoms. The van der Waals surface area contributed by atoms with Gasteiger partial charge in [0.05, 0.1) is 0 Å². The highest BCUT2D eigenvalue weighted by atomic mass is 16.1. The number of hydrogen-bond acceptors (Lipinski definition) is 1. The van der Waals surface area contributed by atoms with Crippen molar-refractivity contribution >= 4 is 5.78 Å². The van der Waals surface area contributed by atoms with E-state index in [9.17, 15) is 4.79 Å². The van der Waals surface area contributed by atoms with Crippen molar-refractivity contribution in [3.8, 4) is 0 Å². The Labute approximate surface area is 67.5 Å². The molecule has 0 heterocycles. The van der Waals surface area contributed by atoms with Crippen molar-refractivity contribution in [1.82, 2.24) is 0 Å². The predicted octanol–water partition coefficient (Wildman–Crippen LogP) is 2.32. The van der Waals surface area contributed by atoms with Crippen LogP contribution in [0, 0.1) is 11.8 Å². The standard InChI is InChI=1S/C10H14O/c11-10-6-5-8-3-1-2-4-9(8)7-10/h2,4,8-9H,1,3,5-7H2/t8-,9-/m1/s1. The quantitative estimate of drug-likeness (QED) is 0.484. The van der Waals surface area contributed by atoms with Crippen LogP contribution in [-0.2, 0) is 4.79 Å². The van der Waals surface area contributed by atoms with Crippen molar-refractivity contribution in [2.75, 3.05) is 0 Å². The molecule has 60 valence electrons. The number of Topliss-reactive ketones (excluding diaryl/α,β-unsaturated/α-hetero) is 1. The molecular formula is C10H14O. The molecule has 0 unspecified atom stereocenters. The summed E-state index contributed by atoms with van der Waals surface area (Å²) in [5, 5.41) is 0. The molecule has 1 saturated carbocycles. The Morgan fingerprint density at radius 2 is 2.27 bits per heavy atom. The van der Waals surface area contributed by atoms with Gasteiger partial charge in [0, 0.05) is 12.8 Å². The minimum atomic E-state index is 0.470. The Morgan fingerprint density at radius 3 is 3.18 bits per heavy atom. The molecule has 0 aromatic rings. The number of carbonyl (C=O) groups is 1. The third kappa shape index (κ3) is 1.37. The molecule has 1 fully saturated rings. The molecule has 0 aromatic heterocycles. The molecule has 2 aliphatic carbocycles. The van der Waals surface area contributed by atoms with Crippen LogP contribution >= 0.6 is 0 Å². The van der Waals surface area contributed by atoms with Gasteiger partial charge in [-0.15, -0.1) is 0 Å². The first-order chi connectivity index (χ1) is 5.36. The Bertz CT molecular complexity index is 193. The van der Waals surface area contributed by atoms with Crippen molar-refractivity contribution in [3.63, 3.8) is 0 Å². The van der Waals surface area contributed by atoms with Gasteiger partial charge in [-0.25, -0.2) is 0 Å². The number of carbonyl (C=O) groups excluding carboxylic acids is 1. The van der Waals surface area contributed by atoms with E-state index in [1.54, 1.807) is 0 Å². The van der Waals surface area contributed by atoms with Gasteiger partial charge in [0.15, 0.2) is 0 Å². The van der Waals surface area contributed by atoms with Crippen LogP contribution in [0.2, 0.25) is 0 Å². The summed E-state index contributed by atoms with van der Waals surface area (Å²) in [6, 6.07) is 0.